The Morgan fingerprint density at radius 1 is 0.705 bits per heavy atom. The molecule has 3 aliphatic carbocycles. The summed E-state index contributed by atoms with van der Waals surface area (Å²) in [7, 11) is -0.785. The molecule has 0 aromatic heterocycles. The lowest BCUT2D eigenvalue weighted by Crippen LogP contribution is -3.00. The molecule has 252 valence electrons. The summed E-state index contributed by atoms with van der Waals surface area (Å²) in [5, 5.41) is 12.5. The normalized spacial score (nSPS) is 19.2. The fourth-order valence-corrected chi connectivity index (χ4v) is 17.5. The number of hydrogen-bond donors (Lipinski definition) is 1. The first-order chi connectivity index (χ1) is 21.2. The zero-order valence-corrected chi connectivity index (χ0v) is 31.7. The Balaban J connectivity index is 0.00000529. The van der Waals surface area contributed by atoms with Crippen LogP contribution in [0.3, 0.4) is 0 Å². The van der Waals surface area contributed by atoms with Gasteiger partial charge in [-0.25, -0.2) is 0 Å². The van der Waals surface area contributed by atoms with Crippen LogP contribution in [0.1, 0.15) is 149 Å². The van der Waals surface area contributed by atoms with E-state index in [0.717, 1.165) is 58.5 Å². The molecule has 0 spiro atoms. The molecule has 0 heterocycles. The fraction of sp³-hybridized carbons (Fsp3) is 0.838. The molecule has 4 nitrogen and oxygen atoms in total. The van der Waals surface area contributed by atoms with E-state index in [2.05, 4.69) is 12.1 Å². The molecule has 4 rings (SSSR count). The van der Waals surface area contributed by atoms with Gasteiger partial charge in [0.1, 0.15) is 26.5 Å². The summed E-state index contributed by atoms with van der Waals surface area (Å²) in [5.41, 5.74) is 2.53. The van der Waals surface area contributed by atoms with Crippen LogP contribution < -0.4 is 27.0 Å². The molecule has 0 aliphatic heterocycles. The van der Waals surface area contributed by atoms with Gasteiger partial charge in [-0.3, -0.25) is 0 Å². The van der Waals surface area contributed by atoms with Gasteiger partial charge in [0.25, 0.3) is 0 Å². The van der Waals surface area contributed by atoms with Crippen molar-refractivity contribution >= 4 is 22.1 Å². The minimum atomic E-state index is -1.54. The van der Waals surface area contributed by atoms with Crippen LogP contribution in [0.5, 0.6) is 11.5 Å². The van der Waals surface area contributed by atoms with Crippen molar-refractivity contribution in [2.75, 3.05) is 19.8 Å². The van der Waals surface area contributed by atoms with Crippen molar-refractivity contribution in [3.63, 3.8) is 0 Å². The molecule has 3 saturated carbocycles. The van der Waals surface area contributed by atoms with E-state index in [1.165, 1.54) is 140 Å². The SMILES string of the molecule is CCOC(OCC)[Si]CCCCCCCCOc1ccc(O)cc1[P+](C1CCCCC1)(C1CCCCC1)C1CCCCC1.[Br-]. The molecule has 44 heavy (non-hydrogen) atoms. The third kappa shape index (κ3) is 11.0. The zero-order chi connectivity index (χ0) is 30.2. The van der Waals surface area contributed by atoms with Gasteiger partial charge in [-0.05, 0) is 109 Å². The molecule has 0 atom stereocenters. The van der Waals surface area contributed by atoms with Crippen molar-refractivity contribution < 1.29 is 36.3 Å². The summed E-state index contributed by atoms with van der Waals surface area (Å²) < 4.78 is 18.2. The first-order valence-electron chi connectivity index (χ1n) is 18.5. The van der Waals surface area contributed by atoms with E-state index in [0.29, 0.717) is 5.75 Å². The highest BCUT2D eigenvalue weighted by Gasteiger charge is 2.60. The molecule has 0 saturated heterocycles. The van der Waals surface area contributed by atoms with Crippen LogP contribution >= 0.6 is 7.26 Å². The highest BCUT2D eigenvalue weighted by Crippen LogP contribution is 2.77. The van der Waals surface area contributed by atoms with E-state index >= 15 is 0 Å². The van der Waals surface area contributed by atoms with Crippen molar-refractivity contribution in [1.82, 2.24) is 0 Å². The monoisotopic (exact) mass is 710 g/mol. The first-order valence-corrected chi connectivity index (χ1v) is 21.8. The Labute approximate surface area is 284 Å². The molecule has 7 heteroatoms. The van der Waals surface area contributed by atoms with Crippen LogP contribution in [-0.4, -0.2) is 57.3 Å². The van der Waals surface area contributed by atoms with E-state index in [4.69, 9.17) is 14.2 Å². The smallest absolute Gasteiger partial charge is 0.161 e. The highest BCUT2D eigenvalue weighted by atomic mass is 79.9. The summed E-state index contributed by atoms with van der Waals surface area (Å²) in [6, 6.07) is 7.50. The molecule has 1 aromatic rings. The number of aromatic hydroxyl groups is 1. The van der Waals surface area contributed by atoms with Gasteiger partial charge in [-0.2, -0.15) is 0 Å². The maximum absolute atomic E-state index is 11.0. The zero-order valence-electron chi connectivity index (χ0n) is 28.2. The quantitative estimate of drug-likeness (QED) is 0.0712. The molecule has 0 amide bonds. The second-order valence-corrected chi connectivity index (χ2v) is 19.2. The minimum Gasteiger partial charge on any atom is -1.00 e. The standard InChI is InChI=1S/C37H63O4PSi.BrH/c1-3-39-37(40-4-2)43-29-19-8-6-5-7-18-28-41-35-27-26-31(38)30-36(35)42(32-20-12-9-13-21-32,33-22-14-10-15-23-33)34-24-16-11-17-25-34;/h26-27,30,32-34,37H,3-25,28-29H2,1-2H3;1H. The lowest BCUT2D eigenvalue weighted by molar-refractivity contribution is -0.0827. The Bertz CT molecular complexity index is 835. The van der Waals surface area contributed by atoms with E-state index in [1.54, 1.807) is 0 Å². The lowest BCUT2D eigenvalue weighted by atomic mass is 9.99. The molecule has 1 aromatic carbocycles. The summed E-state index contributed by atoms with van der Waals surface area (Å²) in [4.78, 5) is 0. The number of phenolic OH excluding ortho intramolecular Hbond substituents is 1. The van der Waals surface area contributed by atoms with Crippen molar-refractivity contribution in [1.29, 1.82) is 0 Å². The number of halogens is 1. The maximum atomic E-state index is 11.0. The van der Waals surface area contributed by atoms with E-state index in [9.17, 15) is 5.11 Å². The van der Waals surface area contributed by atoms with Gasteiger partial charge in [0.15, 0.2) is 5.75 Å². The highest BCUT2D eigenvalue weighted by molar-refractivity contribution is 7.85. The number of rotatable bonds is 19. The summed E-state index contributed by atoms with van der Waals surface area (Å²) in [6.07, 6.45) is 28.7. The van der Waals surface area contributed by atoms with Crippen LogP contribution in [0, 0.1) is 0 Å². The second kappa shape index (κ2) is 21.7. The minimum absolute atomic E-state index is 0. The molecule has 3 fully saturated rings. The molecular formula is C37H64BrO4PSi. The van der Waals surface area contributed by atoms with Crippen molar-refractivity contribution in [3.05, 3.63) is 18.2 Å². The summed E-state index contributed by atoms with van der Waals surface area (Å²) in [6.45, 7) is 6.37. The van der Waals surface area contributed by atoms with Crippen molar-refractivity contribution in [2.24, 2.45) is 0 Å². The molecule has 0 bridgehead atoms. The predicted octanol–water partition coefficient (Wildman–Crippen LogP) is 7.24. The van der Waals surface area contributed by atoms with Crippen LogP contribution in [0.15, 0.2) is 18.2 Å². The molecule has 3 aliphatic rings. The van der Waals surface area contributed by atoms with Crippen LogP contribution in [0.2, 0.25) is 6.04 Å². The average Bonchev–Trinajstić information content (AvgIpc) is 3.05. The largest absolute Gasteiger partial charge is 1.00 e. The fourth-order valence-electron chi connectivity index (χ4n) is 8.74. The van der Waals surface area contributed by atoms with Crippen LogP contribution in [0.4, 0.5) is 0 Å². The van der Waals surface area contributed by atoms with Gasteiger partial charge >= 0.3 is 0 Å². The molecule has 0 unspecified atom stereocenters. The Hall–Kier alpha value is -0.133. The van der Waals surface area contributed by atoms with E-state index in [-0.39, 0.29) is 22.9 Å². The Kier molecular flexibility index (Phi) is 18.9. The summed E-state index contributed by atoms with van der Waals surface area (Å²) in [5.74, 6) is 1.61. The van der Waals surface area contributed by atoms with Gasteiger partial charge in [-0.1, -0.05) is 57.4 Å². The third-order valence-corrected chi connectivity index (χ3v) is 18.3. The van der Waals surface area contributed by atoms with Crippen molar-refractivity contribution in [2.45, 2.75) is 178 Å². The molecule has 1 N–H and O–H groups in total. The summed E-state index contributed by atoms with van der Waals surface area (Å²) >= 11 is 0. The number of hydrogen-bond acceptors (Lipinski definition) is 4. The Morgan fingerprint density at radius 2 is 1.18 bits per heavy atom. The number of benzene rings is 1. The Morgan fingerprint density at radius 3 is 1.68 bits per heavy atom. The molecule has 2 radical (unpaired) electrons. The van der Waals surface area contributed by atoms with Gasteiger partial charge in [-0.15, -0.1) is 0 Å². The van der Waals surface area contributed by atoms with Crippen molar-refractivity contribution in [3.8, 4) is 11.5 Å². The topological polar surface area (TPSA) is 47.9 Å². The second-order valence-electron chi connectivity index (χ2n) is 13.5. The van der Waals surface area contributed by atoms with Gasteiger partial charge in [0, 0.05) is 19.3 Å². The van der Waals surface area contributed by atoms with Gasteiger partial charge in [0.05, 0.1) is 30.8 Å². The van der Waals surface area contributed by atoms with Gasteiger partial charge < -0.3 is 36.3 Å². The average molecular weight is 712 g/mol. The maximum Gasteiger partial charge on any atom is 0.161 e. The number of phenols is 1. The first kappa shape index (κ1) is 38.3. The number of unbranched alkanes of at least 4 members (excludes halogenated alkanes) is 5. The van der Waals surface area contributed by atoms with E-state index < -0.39 is 7.26 Å². The van der Waals surface area contributed by atoms with Crippen LogP contribution in [-0.2, 0) is 9.47 Å². The predicted molar refractivity (Wildman–Crippen MR) is 186 cm³/mol. The lowest BCUT2D eigenvalue weighted by Gasteiger charge is -2.49. The van der Waals surface area contributed by atoms with Crippen LogP contribution in [0.25, 0.3) is 0 Å². The van der Waals surface area contributed by atoms with E-state index in [1.807, 2.05) is 19.9 Å². The third-order valence-electron chi connectivity index (χ3n) is 10.7. The van der Waals surface area contributed by atoms with Gasteiger partial charge in [0.2, 0.25) is 0 Å². The number of ether oxygens (including phenoxy) is 3. The molecular weight excluding hydrogens is 647 g/mol.